The molecule has 0 aromatic rings. The van der Waals surface area contributed by atoms with Gasteiger partial charge >= 0.3 is 5.97 Å². The van der Waals surface area contributed by atoms with Crippen LogP contribution in [0.25, 0.3) is 0 Å². The van der Waals surface area contributed by atoms with E-state index in [0.717, 1.165) is 0 Å². The molecule has 6 heteroatoms. The summed E-state index contributed by atoms with van der Waals surface area (Å²) in [6.07, 6.45) is 0.659. The monoisotopic (exact) mass is 260 g/mol. The van der Waals surface area contributed by atoms with Gasteiger partial charge in [-0.1, -0.05) is 13.8 Å². The lowest BCUT2D eigenvalue weighted by molar-refractivity contribution is -0.142. The van der Waals surface area contributed by atoms with Crippen LogP contribution in [0.4, 0.5) is 0 Å². The predicted octanol–water partition coefficient (Wildman–Crippen LogP) is -0.0839. The van der Waals surface area contributed by atoms with Gasteiger partial charge in [0, 0.05) is 19.5 Å². The number of likely N-dealkylation sites (N-methyl/N-ethyl adjacent to an activating group) is 1. The van der Waals surface area contributed by atoms with E-state index in [1.165, 1.54) is 0 Å². The second kappa shape index (κ2) is 8.88. The van der Waals surface area contributed by atoms with Crippen molar-refractivity contribution in [3.8, 4) is 0 Å². The summed E-state index contributed by atoms with van der Waals surface area (Å²) in [5.41, 5.74) is 0. The summed E-state index contributed by atoms with van der Waals surface area (Å²) in [5.74, 6) is -1.06. The Morgan fingerprint density at radius 3 is 2.33 bits per heavy atom. The summed E-state index contributed by atoms with van der Waals surface area (Å²) >= 11 is 0. The van der Waals surface area contributed by atoms with Gasteiger partial charge in [-0.3, -0.25) is 4.79 Å². The highest BCUT2D eigenvalue weighted by atomic mass is 16.4. The fourth-order valence-corrected chi connectivity index (χ4v) is 1.53. The van der Waals surface area contributed by atoms with Gasteiger partial charge in [-0.2, -0.15) is 0 Å². The molecule has 0 spiro atoms. The maximum atomic E-state index is 11.6. The number of nitrogens with one attached hydrogen (secondary N) is 1. The van der Waals surface area contributed by atoms with Crippen molar-refractivity contribution in [2.75, 3.05) is 26.7 Å². The maximum absolute atomic E-state index is 11.6. The Kier molecular flexibility index (Phi) is 8.32. The summed E-state index contributed by atoms with van der Waals surface area (Å²) in [7, 11) is 1.80. The molecule has 0 radical (unpaired) electrons. The largest absolute Gasteiger partial charge is 0.480 e. The Balaban J connectivity index is 4.06. The second-order valence-electron chi connectivity index (χ2n) is 4.86. The van der Waals surface area contributed by atoms with E-state index in [2.05, 4.69) is 5.32 Å². The van der Waals surface area contributed by atoms with Crippen molar-refractivity contribution < 1.29 is 19.8 Å². The van der Waals surface area contributed by atoms with E-state index in [1.807, 2.05) is 18.7 Å². The predicted molar refractivity (Wildman–Crippen MR) is 68.2 cm³/mol. The fraction of sp³-hybridized carbons (Fsp3) is 0.833. The number of aliphatic hydroxyl groups excluding tert-OH is 1. The van der Waals surface area contributed by atoms with Crippen molar-refractivity contribution >= 4 is 11.9 Å². The van der Waals surface area contributed by atoms with Gasteiger partial charge in [-0.05, 0) is 19.4 Å². The molecule has 1 atom stereocenters. The first-order valence-electron chi connectivity index (χ1n) is 6.18. The Hall–Kier alpha value is -1.14. The van der Waals surface area contributed by atoms with Crippen LogP contribution >= 0.6 is 0 Å². The third-order valence-electron chi connectivity index (χ3n) is 2.54. The zero-order valence-corrected chi connectivity index (χ0v) is 11.3. The van der Waals surface area contributed by atoms with E-state index in [-0.39, 0.29) is 24.9 Å². The zero-order valence-electron chi connectivity index (χ0n) is 11.3. The number of hydrogen-bond acceptors (Lipinski definition) is 4. The Morgan fingerprint density at radius 1 is 1.28 bits per heavy atom. The summed E-state index contributed by atoms with van der Waals surface area (Å²) in [6.45, 7) is 4.87. The number of carbonyl (C=O) groups is 2. The minimum Gasteiger partial charge on any atom is -0.480 e. The van der Waals surface area contributed by atoms with Crippen molar-refractivity contribution in [2.24, 2.45) is 5.92 Å². The lowest BCUT2D eigenvalue weighted by Crippen LogP contribution is -2.42. The first-order chi connectivity index (χ1) is 8.36. The molecule has 0 aliphatic rings. The van der Waals surface area contributed by atoms with E-state index in [4.69, 9.17) is 10.2 Å². The summed E-state index contributed by atoms with van der Waals surface area (Å²) < 4.78 is 0. The van der Waals surface area contributed by atoms with E-state index < -0.39 is 12.0 Å². The minimum atomic E-state index is -0.999. The molecule has 0 heterocycles. The standard InChI is InChI=1S/C12H24N2O4/c1-9(2)8-10(12(17)18)13-11(16)4-5-14(3)6-7-15/h9-10,15H,4-8H2,1-3H3,(H,13,16)(H,17,18). The lowest BCUT2D eigenvalue weighted by atomic mass is 10.0. The van der Waals surface area contributed by atoms with Gasteiger partial charge in [-0.15, -0.1) is 0 Å². The van der Waals surface area contributed by atoms with Gasteiger partial charge in [0.2, 0.25) is 5.91 Å². The molecule has 0 aromatic carbocycles. The van der Waals surface area contributed by atoms with Crippen LogP contribution in [-0.2, 0) is 9.59 Å². The molecule has 3 N–H and O–H groups in total. The quantitative estimate of drug-likeness (QED) is 0.539. The van der Waals surface area contributed by atoms with E-state index in [9.17, 15) is 9.59 Å². The van der Waals surface area contributed by atoms with Crippen molar-refractivity contribution in [3.63, 3.8) is 0 Å². The van der Waals surface area contributed by atoms with Crippen molar-refractivity contribution in [1.82, 2.24) is 10.2 Å². The molecule has 0 bridgehead atoms. The van der Waals surface area contributed by atoms with E-state index >= 15 is 0 Å². The molecule has 0 fully saturated rings. The molecule has 0 aliphatic carbocycles. The lowest BCUT2D eigenvalue weighted by Gasteiger charge is -2.18. The number of carbonyl (C=O) groups excluding carboxylic acids is 1. The van der Waals surface area contributed by atoms with E-state index in [1.54, 1.807) is 7.05 Å². The molecule has 0 saturated carbocycles. The van der Waals surface area contributed by atoms with Crippen molar-refractivity contribution in [2.45, 2.75) is 32.7 Å². The highest BCUT2D eigenvalue weighted by Gasteiger charge is 2.20. The Bertz CT molecular complexity index is 269. The van der Waals surface area contributed by atoms with Crippen LogP contribution in [0.1, 0.15) is 26.7 Å². The highest BCUT2D eigenvalue weighted by Crippen LogP contribution is 2.05. The summed E-state index contributed by atoms with van der Waals surface area (Å²) in [5, 5.41) is 20.2. The third-order valence-corrected chi connectivity index (χ3v) is 2.54. The number of carboxylic acids is 1. The molecular formula is C12H24N2O4. The number of aliphatic carboxylic acids is 1. The minimum absolute atomic E-state index is 0.0449. The highest BCUT2D eigenvalue weighted by molar-refractivity contribution is 5.83. The molecule has 6 nitrogen and oxygen atoms in total. The fourth-order valence-electron chi connectivity index (χ4n) is 1.53. The van der Waals surface area contributed by atoms with Crippen LogP contribution in [0.5, 0.6) is 0 Å². The van der Waals surface area contributed by atoms with Crippen LogP contribution in [0, 0.1) is 5.92 Å². The van der Waals surface area contributed by atoms with Crippen molar-refractivity contribution in [3.05, 3.63) is 0 Å². The molecule has 0 aliphatic heterocycles. The Morgan fingerprint density at radius 2 is 1.89 bits per heavy atom. The molecule has 0 saturated heterocycles. The average Bonchev–Trinajstić information content (AvgIpc) is 2.25. The normalized spacial score (nSPS) is 12.8. The van der Waals surface area contributed by atoms with Crippen LogP contribution in [-0.4, -0.2) is 59.8 Å². The van der Waals surface area contributed by atoms with Gasteiger partial charge < -0.3 is 20.4 Å². The molecule has 1 unspecified atom stereocenters. The molecule has 1 amide bonds. The van der Waals surface area contributed by atoms with Crippen LogP contribution in [0.3, 0.4) is 0 Å². The molecule has 0 aromatic heterocycles. The van der Waals surface area contributed by atoms with Gasteiger partial charge in [-0.25, -0.2) is 4.79 Å². The number of hydrogen-bond donors (Lipinski definition) is 3. The maximum Gasteiger partial charge on any atom is 0.326 e. The first kappa shape index (κ1) is 16.9. The summed E-state index contributed by atoms with van der Waals surface area (Å²) in [4.78, 5) is 24.4. The Labute approximate surface area is 108 Å². The number of amides is 1. The molecule has 18 heavy (non-hydrogen) atoms. The van der Waals surface area contributed by atoms with Crippen LogP contribution in [0.2, 0.25) is 0 Å². The third kappa shape index (κ3) is 8.03. The average molecular weight is 260 g/mol. The number of carboxylic acid groups (broad SMARTS) is 1. The van der Waals surface area contributed by atoms with Crippen LogP contribution < -0.4 is 5.32 Å². The second-order valence-corrected chi connectivity index (χ2v) is 4.86. The smallest absolute Gasteiger partial charge is 0.326 e. The van der Waals surface area contributed by atoms with Crippen molar-refractivity contribution in [1.29, 1.82) is 0 Å². The first-order valence-corrected chi connectivity index (χ1v) is 6.18. The number of nitrogens with zero attached hydrogens (tertiary/aromatic N) is 1. The van der Waals surface area contributed by atoms with Gasteiger partial charge in [0.25, 0.3) is 0 Å². The number of rotatable bonds is 9. The summed E-state index contributed by atoms with van der Waals surface area (Å²) in [6, 6.07) is -0.819. The van der Waals surface area contributed by atoms with Crippen LogP contribution in [0.15, 0.2) is 0 Å². The molecule has 0 rings (SSSR count). The SMILES string of the molecule is CC(C)CC(NC(=O)CCN(C)CCO)C(=O)O. The molecule has 106 valence electrons. The topological polar surface area (TPSA) is 89.9 Å². The van der Waals surface area contributed by atoms with E-state index in [0.29, 0.717) is 19.5 Å². The molecular weight excluding hydrogens is 236 g/mol. The zero-order chi connectivity index (χ0) is 14.1. The van der Waals surface area contributed by atoms with Gasteiger partial charge in [0.05, 0.1) is 6.61 Å². The van der Waals surface area contributed by atoms with Gasteiger partial charge in [0.15, 0.2) is 0 Å². The van der Waals surface area contributed by atoms with Gasteiger partial charge in [0.1, 0.15) is 6.04 Å². The number of aliphatic hydroxyl groups is 1.